The maximum Gasteiger partial charge on any atom is 0.313 e. The molecule has 1 aliphatic heterocycles. The van der Waals surface area contributed by atoms with E-state index in [1.54, 1.807) is 0 Å². The molecule has 2 heterocycles. The summed E-state index contributed by atoms with van der Waals surface area (Å²) in [4.78, 5) is 12.9. The van der Waals surface area contributed by atoms with Gasteiger partial charge in [-0.15, -0.1) is 10.2 Å². The van der Waals surface area contributed by atoms with Crippen LogP contribution in [0, 0.1) is 0 Å². The molecule has 1 aliphatic rings. The van der Waals surface area contributed by atoms with Crippen molar-refractivity contribution < 1.29 is 15.0 Å². The van der Waals surface area contributed by atoms with E-state index in [1.165, 1.54) is 0 Å². The van der Waals surface area contributed by atoms with Gasteiger partial charge in [0.25, 0.3) is 0 Å². The molecule has 7 nitrogen and oxygen atoms in total. The molecule has 1 fully saturated rings. The number of carboxylic acids is 1. The Morgan fingerprint density at radius 2 is 2.11 bits per heavy atom. The van der Waals surface area contributed by atoms with Crippen molar-refractivity contribution in [1.29, 1.82) is 0 Å². The van der Waals surface area contributed by atoms with E-state index in [0.717, 1.165) is 37.7 Å². The minimum atomic E-state index is -0.881. The molecule has 0 bridgehead atoms. The van der Waals surface area contributed by atoms with Gasteiger partial charge in [-0.25, -0.2) is 0 Å². The van der Waals surface area contributed by atoms with E-state index < -0.39 is 5.97 Å². The summed E-state index contributed by atoms with van der Waals surface area (Å²) in [6, 6.07) is 0.240. The number of piperidine rings is 1. The van der Waals surface area contributed by atoms with Gasteiger partial charge in [0.2, 0.25) is 0 Å². The highest BCUT2D eigenvalue weighted by Crippen LogP contribution is 2.28. The predicted molar refractivity (Wildman–Crippen MR) is 70.1 cm³/mol. The fourth-order valence-electron chi connectivity index (χ4n) is 2.26. The topological polar surface area (TPSA) is 91.5 Å². The first-order valence-electron chi connectivity index (χ1n) is 6.19. The van der Waals surface area contributed by atoms with Crippen LogP contribution >= 0.6 is 11.8 Å². The van der Waals surface area contributed by atoms with E-state index in [1.807, 2.05) is 4.57 Å². The molecule has 106 valence electrons. The number of hydrogen-bond acceptors (Lipinski definition) is 6. The normalized spacial score (nSPS) is 17.8. The highest BCUT2D eigenvalue weighted by atomic mass is 32.2. The lowest BCUT2D eigenvalue weighted by atomic mass is 10.1. The summed E-state index contributed by atoms with van der Waals surface area (Å²) in [7, 11) is 2.08. The quantitative estimate of drug-likeness (QED) is 0.748. The van der Waals surface area contributed by atoms with Gasteiger partial charge in [-0.2, -0.15) is 0 Å². The number of carboxylic acid groups (broad SMARTS) is 1. The molecule has 0 saturated carbocycles. The van der Waals surface area contributed by atoms with Crippen molar-refractivity contribution in [2.24, 2.45) is 0 Å². The summed E-state index contributed by atoms with van der Waals surface area (Å²) in [5, 5.41) is 26.6. The summed E-state index contributed by atoms with van der Waals surface area (Å²) in [6.45, 7) is 1.79. The number of carbonyl (C=O) groups is 1. The molecule has 1 aromatic rings. The Labute approximate surface area is 115 Å². The van der Waals surface area contributed by atoms with Crippen molar-refractivity contribution in [3.05, 3.63) is 5.82 Å². The first-order valence-corrected chi connectivity index (χ1v) is 7.18. The van der Waals surface area contributed by atoms with E-state index in [4.69, 9.17) is 5.11 Å². The largest absolute Gasteiger partial charge is 0.481 e. The third-order valence-electron chi connectivity index (χ3n) is 3.25. The van der Waals surface area contributed by atoms with Gasteiger partial charge in [-0.1, -0.05) is 11.8 Å². The maximum atomic E-state index is 10.6. The van der Waals surface area contributed by atoms with Gasteiger partial charge in [0.05, 0.1) is 5.75 Å². The second kappa shape index (κ2) is 6.36. The van der Waals surface area contributed by atoms with Crippen LogP contribution in [0.2, 0.25) is 0 Å². The molecule has 0 amide bonds. The smallest absolute Gasteiger partial charge is 0.313 e. The van der Waals surface area contributed by atoms with Crippen molar-refractivity contribution in [3.63, 3.8) is 0 Å². The van der Waals surface area contributed by atoms with Crippen LogP contribution in [-0.4, -0.2) is 61.7 Å². The predicted octanol–water partition coefficient (Wildman–Crippen LogP) is 0.214. The lowest BCUT2D eigenvalue weighted by Crippen LogP contribution is -2.32. The van der Waals surface area contributed by atoms with Gasteiger partial charge >= 0.3 is 5.97 Å². The number of aromatic nitrogens is 3. The Balaban J connectivity index is 2.16. The molecule has 2 N–H and O–H groups in total. The molecule has 2 rings (SSSR count). The minimum absolute atomic E-state index is 0.0455. The lowest BCUT2D eigenvalue weighted by molar-refractivity contribution is -0.133. The second-order valence-corrected chi connectivity index (χ2v) is 5.59. The number of hydrogen-bond donors (Lipinski definition) is 2. The molecular formula is C11H18N4O3S. The Hall–Kier alpha value is -1.12. The summed E-state index contributed by atoms with van der Waals surface area (Å²) in [5.41, 5.74) is 0. The number of likely N-dealkylation sites (tertiary alicyclic amines) is 1. The number of aliphatic hydroxyl groups is 1. The van der Waals surface area contributed by atoms with Gasteiger partial charge in [0, 0.05) is 6.04 Å². The van der Waals surface area contributed by atoms with Crippen LogP contribution in [0.1, 0.15) is 24.7 Å². The monoisotopic (exact) mass is 286 g/mol. The number of thioether (sulfide) groups is 1. The second-order valence-electron chi connectivity index (χ2n) is 4.64. The van der Waals surface area contributed by atoms with Crippen molar-refractivity contribution in [2.75, 3.05) is 25.9 Å². The van der Waals surface area contributed by atoms with Crippen LogP contribution in [0.5, 0.6) is 0 Å². The van der Waals surface area contributed by atoms with Crippen LogP contribution < -0.4 is 0 Å². The Bertz CT molecular complexity index is 443. The molecule has 0 aromatic carbocycles. The van der Waals surface area contributed by atoms with Crippen molar-refractivity contribution >= 4 is 17.7 Å². The average Bonchev–Trinajstić information content (AvgIpc) is 2.80. The van der Waals surface area contributed by atoms with Crippen molar-refractivity contribution in [1.82, 2.24) is 19.7 Å². The molecular weight excluding hydrogens is 268 g/mol. The third kappa shape index (κ3) is 3.46. The first-order chi connectivity index (χ1) is 9.11. The molecule has 0 aliphatic carbocycles. The minimum Gasteiger partial charge on any atom is -0.481 e. The molecule has 8 heteroatoms. The Kier molecular flexibility index (Phi) is 4.78. The van der Waals surface area contributed by atoms with Gasteiger partial charge in [-0.05, 0) is 33.0 Å². The summed E-state index contributed by atoms with van der Waals surface area (Å²) < 4.78 is 1.90. The molecule has 19 heavy (non-hydrogen) atoms. The Morgan fingerprint density at radius 3 is 2.68 bits per heavy atom. The summed E-state index contributed by atoms with van der Waals surface area (Å²) in [5.74, 6) is -0.410. The van der Waals surface area contributed by atoms with Crippen LogP contribution in [-0.2, 0) is 11.4 Å². The van der Waals surface area contributed by atoms with Crippen LogP contribution in [0.3, 0.4) is 0 Å². The van der Waals surface area contributed by atoms with Crippen LogP contribution in [0.25, 0.3) is 0 Å². The molecule has 1 aromatic heterocycles. The van der Waals surface area contributed by atoms with Crippen molar-refractivity contribution in [3.8, 4) is 0 Å². The van der Waals surface area contributed by atoms with Gasteiger partial charge in [-0.3, -0.25) is 4.79 Å². The summed E-state index contributed by atoms with van der Waals surface area (Å²) >= 11 is 1.15. The number of aliphatic carboxylic acids is 1. The number of rotatable bonds is 5. The van der Waals surface area contributed by atoms with E-state index in [0.29, 0.717) is 11.0 Å². The van der Waals surface area contributed by atoms with E-state index in [9.17, 15) is 9.90 Å². The molecule has 0 radical (unpaired) electrons. The highest BCUT2D eigenvalue weighted by molar-refractivity contribution is 7.99. The highest BCUT2D eigenvalue weighted by Gasteiger charge is 2.24. The molecule has 1 saturated heterocycles. The van der Waals surface area contributed by atoms with Crippen LogP contribution in [0.15, 0.2) is 5.16 Å². The van der Waals surface area contributed by atoms with Crippen LogP contribution in [0.4, 0.5) is 0 Å². The molecule has 0 spiro atoms. The number of nitrogens with zero attached hydrogens (tertiary/aromatic N) is 4. The SMILES string of the molecule is CN1CCC(n2c(CO)nnc2SCC(=O)O)CC1. The standard InChI is InChI=1S/C11H18N4O3S/c1-14-4-2-8(3-5-14)15-9(6-16)12-13-11(15)19-7-10(17)18/h8,16H,2-7H2,1H3,(H,17,18). The third-order valence-corrected chi connectivity index (χ3v) is 4.18. The fourth-order valence-corrected chi connectivity index (χ4v) is 3.00. The maximum absolute atomic E-state index is 10.6. The zero-order chi connectivity index (χ0) is 13.8. The van der Waals surface area contributed by atoms with Crippen molar-refractivity contribution in [2.45, 2.75) is 30.6 Å². The molecule has 0 unspecified atom stereocenters. The van der Waals surface area contributed by atoms with E-state index in [-0.39, 0.29) is 18.4 Å². The lowest BCUT2D eigenvalue weighted by Gasteiger charge is -2.30. The molecule has 0 atom stereocenters. The van der Waals surface area contributed by atoms with E-state index in [2.05, 4.69) is 22.1 Å². The first kappa shape index (κ1) is 14.3. The Morgan fingerprint density at radius 1 is 1.42 bits per heavy atom. The zero-order valence-corrected chi connectivity index (χ0v) is 11.6. The fraction of sp³-hybridized carbons (Fsp3) is 0.727. The van der Waals surface area contributed by atoms with E-state index >= 15 is 0 Å². The zero-order valence-electron chi connectivity index (χ0n) is 10.8. The number of aliphatic hydroxyl groups excluding tert-OH is 1. The van der Waals surface area contributed by atoms with Gasteiger partial charge < -0.3 is 19.7 Å². The van der Waals surface area contributed by atoms with Gasteiger partial charge in [0.15, 0.2) is 11.0 Å². The van der Waals surface area contributed by atoms with Gasteiger partial charge in [0.1, 0.15) is 6.61 Å². The summed E-state index contributed by atoms with van der Waals surface area (Å²) in [6.07, 6.45) is 1.92. The average molecular weight is 286 g/mol.